The topological polar surface area (TPSA) is 105 Å². The summed E-state index contributed by atoms with van der Waals surface area (Å²) < 4.78 is 6.92. The summed E-state index contributed by atoms with van der Waals surface area (Å²) in [5, 5.41) is 0. The first-order valence-corrected chi connectivity index (χ1v) is 10.8. The number of nitrogens with one attached hydrogen (secondary N) is 1. The molecule has 0 aliphatic carbocycles. The maximum Gasteiger partial charge on any atom is 0.265 e. The molecule has 3 aliphatic heterocycles. The standard InChI is InChI=1S/C23H21N5O5/c29-21-17(20(26-10-12-32-13-11-26)24-15-8-4-5-9-27(15)21)18-16-19(33-25-18)23(31)28(22(16)30)14-6-2-1-3-7-14/h1-9,16,18-19,25H,10-13H2/t16-,18-,19+/m0/s1. The summed E-state index contributed by atoms with van der Waals surface area (Å²) in [4.78, 5) is 53.7. The molecule has 0 radical (unpaired) electrons. The first kappa shape index (κ1) is 20.0. The van der Waals surface area contributed by atoms with Crippen molar-refractivity contribution in [3.63, 3.8) is 0 Å². The van der Waals surface area contributed by atoms with Crippen LogP contribution < -0.4 is 20.8 Å². The Hall–Kier alpha value is -3.60. The molecule has 10 heteroatoms. The Morgan fingerprint density at radius 1 is 0.939 bits per heavy atom. The largest absolute Gasteiger partial charge is 0.378 e. The Balaban J connectivity index is 1.48. The molecule has 1 aromatic carbocycles. The van der Waals surface area contributed by atoms with Gasteiger partial charge in [-0.05, 0) is 24.3 Å². The maximum absolute atomic E-state index is 13.7. The van der Waals surface area contributed by atoms with Crippen LogP contribution in [0.1, 0.15) is 11.6 Å². The van der Waals surface area contributed by atoms with Crippen LogP contribution in [0.3, 0.4) is 0 Å². The van der Waals surface area contributed by atoms with Crippen molar-refractivity contribution in [2.24, 2.45) is 5.92 Å². The average molecular weight is 447 g/mol. The van der Waals surface area contributed by atoms with Gasteiger partial charge in [0.25, 0.3) is 11.5 Å². The molecule has 5 heterocycles. The molecule has 3 saturated heterocycles. The van der Waals surface area contributed by atoms with Crippen molar-refractivity contribution < 1.29 is 19.2 Å². The fourth-order valence-electron chi connectivity index (χ4n) is 4.78. The molecule has 0 saturated carbocycles. The summed E-state index contributed by atoms with van der Waals surface area (Å²) in [6, 6.07) is 13.2. The van der Waals surface area contributed by atoms with Crippen LogP contribution in [-0.2, 0) is 19.2 Å². The van der Waals surface area contributed by atoms with Crippen LogP contribution in [0.4, 0.5) is 11.5 Å². The molecule has 3 fully saturated rings. The lowest BCUT2D eigenvalue weighted by atomic mass is 9.92. The molecule has 0 spiro atoms. The van der Waals surface area contributed by atoms with E-state index in [0.29, 0.717) is 49.0 Å². The quantitative estimate of drug-likeness (QED) is 0.584. The number of amides is 2. The smallest absolute Gasteiger partial charge is 0.265 e. The molecule has 1 N–H and O–H groups in total. The van der Waals surface area contributed by atoms with E-state index in [2.05, 4.69) is 5.48 Å². The Kier molecular flexibility index (Phi) is 4.72. The van der Waals surface area contributed by atoms with Crippen LogP contribution >= 0.6 is 0 Å². The number of pyridine rings is 1. The van der Waals surface area contributed by atoms with Gasteiger partial charge < -0.3 is 9.64 Å². The molecule has 0 bridgehead atoms. The van der Waals surface area contributed by atoms with Crippen LogP contribution in [0.5, 0.6) is 0 Å². The molecule has 33 heavy (non-hydrogen) atoms. The van der Waals surface area contributed by atoms with E-state index >= 15 is 0 Å². The number of carbonyl (C=O) groups excluding carboxylic acids is 2. The molecule has 3 aliphatic rings. The van der Waals surface area contributed by atoms with Crippen molar-refractivity contribution in [2.45, 2.75) is 12.1 Å². The highest BCUT2D eigenvalue weighted by Crippen LogP contribution is 2.41. The summed E-state index contributed by atoms with van der Waals surface area (Å²) >= 11 is 0. The van der Waals surface area contributed by atoms with Gasteiger partial charge >= 0.3 is 0 Å². The van der Waals surface area contributed by atoms with Crippen molar-refractivity contribution in [2.75, 3.05) is 36.1 Å². The Bertz CT molecular complexity index is 1300. The number of para-hydroxylation sites is 1. The zero-order valence-electron chi connectivity index (χ0n) is 17.6. The highest BCUT2D eigenvalue weighted by atomic mass is 16.7. The Morgan fingerprint density at radius 3 is 2.48 bits per heavy atom. The molecular weight excluding hydrogens is 426 g/mol. The van der Waals surface area contributed by atoms with Crippen LogP contribution in [0.2, 0.25) is 0 Å². The predicted octanol–water partition coefficient (Wildman–Crippen LogP) is 0.665. The number of fused-ring (bicyclic) bond motifs is 2. The van der Waals surface area contributed by atoms with E-state index < -0.39 is 29.9 Å². The van der Waals surface area contributed by atoms with Gasteiger partial charge in [-0.2, -0.15) is 5.48 Å². The van der Waals surface area contributed by atoms with E-state index in [1.807, 2.05) is 17.0 Å². The number of ether oxygens (including phenoxy) is 1. The molecule has 3 aromatic rings. The molecule has 168 valence electrons. The van der Waals surface area contributed by atoms with E-state index in [0.717, 1.165) is 4.90 Å². The number of nitrogens with zero attached hydrogens (tertiary/aromatic N) is 4. The lowest BCUT2D eigenvalue weighted by molar-refractivity contribution is -0.128. The third-order valence-corrected chi connectivity index (χ3v) is 6.36. The van der Waals surface area contributed by atoms with Crippen molar-refractivity contribution in [3.8, 4) is 0 Å². The number of hydrogen-bond acceptors (Lipinski definition) is 8. The highest BCUT2D eigenvalue weighted by molar-refractivity contribution is 6.23. The molecule has 2 amide bonds. The number of morpholine rings is 1. The summed E-state index contributed by atoms with van der Waals surface area (Å²) in [6.45, 7) is 2.14. The average Bonchev–Trinajstić information content (AvgIpc) is 3.39. The highest BCUT2D eigenvalue weighted by Gasteiger charge is 2.58. The fraction of sp³-hybridized carbons (Fsp3) is 0.304. The van der Waals surface area contributed by atoms with Gasteiger partial charge in [-0.3, -0.25) is 23.6 Å². The van der Waals surface area contributed by atoms with E-state index in [4.69, 9.17) is 14.6 Å². The predicted molar refractivity (Wildman–Crippen MR) is 118 cm³/mol. The third-order valence-electron chi connectivity index (χ3n) is 6.36. The second-order valence-corrected chi connectivity index (χ2v) is 8.19. The lowest BCUT2D eigenvalue weighted by Crippen LogP contribution is -2.42. The minimum absolute atomic E-state index is 0.303. The summed E-state index contributed by atoms with van der Waals surface area (Å²) in [5.41, 5.74) is 3.80. The third kappa shape index (κ3) is 3.06. The lowest BCUT2D eigenvalue weighted by Gasteiger charge is -2.31. The molecule has 3 atom stereocenters. The van der Waals surface area contributed by atoms with Gasteiger partial charge in [0.05, 0.1) is 36.4 Å². The van der Waals surface area contributed by atoms with Gasteiger partial charge in [-0.25, -0.2) is 9.88 Å². The zero-order valence-corrected chi connectivity index (χ0v) is 17.6. The molecule has 0 unspecified atom stereocenters. The van der Waals surface area contributed by atoms with Gasteiger partial charge in [-0.1, -0.05) is 24.3 Å². The number of hydroxylamine groups is 1. The number of anilines is 2. The number of aromatic nitrogens is 2. The number of hydrogen-bond donors (Lipinski definition) is 1. The first-order chi connectivity index (χ1) is 16.1. The minimum Gasteiger partial charge on any atom is -0.378 e. The van der Waals surface area contributed by atoms with Gasteiger partial charge in [0.1, 0.15) is 11.5 Å². The van der Waals surface area contributed by atoms with Crippen molar-refractivity contribution in [1.29, 1.82) is 0 Å². The van der Waals surface area contributed by atoms with E-state index in [9.17, 15) is 14.4 Å². The van der Waals surface area contributed by atoms with Gasteiger partial charge in [0.2, 0.25) is 5.91 Å². The van der Waals surface area contributed by atoms with Gasteiger partial charge in [0, 0.05) is 19.3 Å². The molecule has 6 rings (SSSR count). The van der Waals surface area contributed by atoms with Crippen LogP contribution in [-0.4, -0.2) is 53.6 Å². The normalized spacial score (nSPS) is 25.2. The summed E-state index contributed by atoms with van der Waals surface area (Å²) in [6.07, 6.45) is 0.624. The Labute approximate surface area is 188 Å². The SMILES string of the molecule is O=C1[C@H]2[C@@H](c3c(N4CCOCC4)nc4ccccn4c3=O)NO[C@H]2C(=O)N1c1ccccc1. The monoisotopic (exact) mass is 447 g/mol. The fourth-order valence-corrected chi connectivity index (χ4v) is 4.78. The zero-order chi connectivity index (χ0) is 22.5. The van der Waals surface area contributed by atoms with Crippen molar-refractivity contribution in [1.82, 2.24) is 14.9 Å². The van der Waals surface area contributed by atoms with Crippen LogP contribution in [0, 0.1) is 5.92 Å². The summed E-state index contributed by atoms with van der Waals surface area (Å²) in [7, 11) is 0. The number of rotatable bonds is 3. The maximum atomic E-state index is 13.7. The second kappa shape index (κ2) is 7.77. The Morgan fingerprint density at radius 2 is 1.70 bits per heavy atom. The van der Waals surface area contributed by atoms with Crippen molar-refractivity contribution in [3.05, 3.63) is 70.6 Å². The minimum atomic E-state index is -1.02. The van der Waals surface area contributed by atoms with Gasteiger partial charge in [-0.15, -0.1) is 0 Å². The van der Waals surface area contributed by atoms with Crippen LogP contribution in [0.15, 0.2) is 59.5 Å². The first-order valence-electron chi connectivity index (χ1n) is 10.8. The van der Waals surface area contributed by atoms with E-state index in [-0.39, 0.29) is 5.56 Å². The van der Waals surface area contributed by atoms with E-state index in [1.165, 1.54) is 4.40 Å². The molecule has 10 nitrogen and oxygen atoms in total. The summed E-state index contributed by atoms with van der Waals surface area (Å²) in [5.74, 6) is -1.26. The van der Waals surface area contributed by atoms with Gasteiger partial charge in [0.15, 0.2) is 6.10 Å². The van der Waals surface area contributed by atoms with Crippen molar-refractivity contribution >= 4 is 29.0 Å². The van der Waals surface area contributed by atoms with E-state index in [1.54, 1.807) is 42.6 Å². The number of carbonyl (C=O) groups is 2. The number of benzene rings is 1. The van der Waals surface area contributed by atoms with Crippen LogP contribution in [0.25, 0.3) is 5.65 Å². The molecule has 2 aromatic heterocycles. The molecular formula is C23H21N5O5. The number of imide groups is 1. The second-order valence-electron chi connectivity index (χ2n) is 8.19.